The zero-order valence-corrected chi connectivity index (χ0v) is 61.9. The minimum Gasteiger partial charge on any atom is -0.462 e. The first-order valence-electron chi connectivity index (χ1n) is 39.0. The molecule has 0 rings (SSSR count). The molecule has 0 aromatic rings. The fourth-order valence-corrected chi connectivity index (χ4v) is 12.0. The first-order valence-corrected chi connectivity index (χ1v) is 40.5. The van der Waals surface area contributed by atoms with E-state index in [2.05, 4.69) is 111 Å². The topological polar surface area (TPSA) is 108 Å². The molecule has 2 unspecified atom stereocenters. The van der Waals surface area contributed by atoms with Crippen molar-refractivity contribution in [3.8, 4) is 0 Å². The molecule has 0 spiro atoms. The standard InChI is InChI=1S/C82H148NO8P/c1-6-8-10-12-14-16-18-20-22-24-26-28-30-32-34-36-38-39-40-41-42-43-45-47-49-51-53-55-57-59-61-63-65-67-69-71-73-75-82(85)91-80(79-90-92(86,87)89-77-76-83(3,4)5)78-88-81(84)74-72-70-68-66-64-62-60-58-56-54-52-50-48-46-44-37-35-33-31-29-27-25-23-21-19-17-15-13-11-9-7-2/h8-11,14-17,20-23,26-29,80H,6-7,12-13,18-19,24-25,30-79H2,1-5H3/p+1/b10-8-,11-9-,16-14-,17-15-,22-20-,23-21-,28-26-,29-27-. The van der Waals surface area contributed by atoms with E-state index in [0.717, 1.165) is 83.5 Å². The maximum atomic E-state index is 12.9. The monoisotopic (exact) mass is 1310 g/mol. The van der Waals surface area contributed by atoms with E-state index < -0.39 is 26.5 Å². The van der Waals surface area contributed by atoms with E-state index in [4.69, 9.17) is 18.5 Å². The molecular formula is C82H149NO8P+. The molecule has 0 radical (unpaired) electrons. The predicted octanol–water partition coefficient (Wildman–Crippen LogP) is 25.8. The summed E-state index contributed by atoms with van der Waals surface area (Å²) < 4.78 is 34.8. The van der Waals surface area contributed by atoms with Gasteiger partial charge in [-0.3, -0.25) is 18.6 Å². The van der Waals surface area contributed by atoms with E-state index in [1.54, 1.807) is 0 Å². The lowest BCUT2D eigenvalue weighted by atomic mass is 10.0. The Kier molecular flexibility index (Phi) is 69.8. The molecule has 0 fully saturated rings. The van der Waals surface area contributed by atoms with Crippen molar-refractivity contribution in [2.24, 2.45) is 0 Å². The van der Waals surface area contributed by atoms with E-state index in [0.29, 0.717) is 23.9 Å². The molecule has 0 aromatic heterocycles. The third-order valence-corrected chi connectivity index (χ3v) is 18.1. The molecule has 534 valence electrons. The van der Waals surface area contributed by atoms with E-state index in [1.165, 1.54) is 244 Å². The highest BCUT2D eigenvalue weighted by Gasteiger charge is 2.27. The fourth-order valence-electron chi connectivity index (χ4n) is 11.2. The lowest BCUT2D eigenvalue weighted by Gasteiger charge is -2.24. The highest BCUT2D eigenvalue weighted by atomic mass is 31.2. The van der Waals surface area contributed by atoms with Crippen LogP contribution >= 0.6 is 7.82 Å². The Labute approximate surface area is 570 Å². The molecule has 0 aliphatic heterocycles. The Balaban J connectivity index is 3.93. The van der Waals surface area contributed by atoms with E-state index in [9.17, 15) is 19.0 Å². The number of rotatable bonds is 72. The van der Waals surface area contributed by atoms with Gasteiger partial charge in [-0.2, -0.15) is 0 Å². The molecule has 9 nitrogen and oxygen atoms in total. The summed E-state index contributed by atoms with van der Waals surface area (Å²) in [5, 5.41) is 0. The van der Waals surface area contributed by atoms with Crippen molar-refractivity contribution < 1.29 is 42.1 Å². The van der Waals surface area contributed by atoms with Crippen LogP contribution in [0.3, 0.4) is 0 Å². The van der Waals surface area contributed by atoms with Crippen molar-refractivity contribution in [1.29, 1.82) is 0 Å². The molecule has 0 amide bonds. The normalized spacial score (nSPS) is 13.6. The molecular weight excluding hydrogens is 1160 g/mol. The number of unbranched alkanes of at least 4 members (excludes halogenated alkanes) is 42. The SMILES string of the molecule is CC/C=C\C/C=C\C/C=C\C/C=C\CCCCCCCCCCCCCCCCCCCCCCCCCCC(=O)OC(COC(=O)CCCCCCCCCCCCCCCCCCCC/C=C\C/C=C\C/C=C\C/C=C\CC)COP(=O)(O)OCC[N+](C)(C)C. The molecule has 0 aliphatic rings. The summed E-state index contributed by atoms with van der Waals surface area (Å²) in [6, 6.07) is 0. The van der Waals surface area contributed by atoms with Crippen LogP contribution in [0.2, 0.25) is 0 Å². The van der Waals surface area contributed by atoms with Gasteiger partial charge in [0.05, 0.1) is 27.7 Å². The van der Waals surface area contributed by atoms with Crippen molar-refractivity contribution in [3.63, 3.8) is 0 Å². The van der Waals surface area contributed by atoms with Gasteiger partial charge in [-0.1, -0.05) is 355 Å². The Morgan fingerprint density at radius 2 is 0.587 bits per heavy atom. The number of hydrogen-bond donors (Lipinski definition) is 1. The van der Waals surface area contributed by atoms with Crippen molar-refractivity contribution in [1.82, 2.24) is 0 Å². The second-order valence-electron chi connectivity index (χ2n) is 27.3. The highest BCUT2D eigenvalue weighted by Crippen LogP contribution is 2.43. The van der Waals surface area contributed by atoms with Crippen LogP contribution in [-0.4, -0.2) is 74.9 Å². The Morgan fingerprint density at radius 3 is 0.870 bits per heavy atom. The number of esters is 2. The largest absolute Gasteiger partial charge is 0.472 e. The molecule has 0 aliphatic carbocycles. The van der Waals surface area contributed by atoms with Crippen LogP contribution in [0.5, 0.6) is 0 Å². The Hall–Kier alpha value is -3.07. The fraction of sp³-hybridized carbons (Fsp3) is 0.780. The van der Waals surface area contributed by atoms with Gasteiger partial charge in [0.25, 0.3) is 0 Å². The minimum atomic E-state index is -4.40. The molecule has 0 saturated heterocycles. The van der Waals surface area contributed by atoms with Crippen LogP contribution in [-0.2, 0) is 32.7 Å². The van der Waals surface area contributed by atoms with E-state index in [-0.39, 0.29) is 25.6 Å². The summed E-state index contributed by atoms with van der Waals surface area (Å²) in [4.78, 5) is 36.0. The lowest BCUT2D eigenvalue weighted by molar-refractivity contribution is -0.870. The summed E-state index contributed by atoms with van der Waals surface area (Å²) in [7, 11) is 1.49. The van der Waals surface area contributed by atoms with Crippen molar-refractivity contribution in [3.05, 3.63) is 97.2 Å². The van der Waals surface area contributed by atoms with Crippen molar-refractivity contribution in [2.75, 3.05) is 47.5 Å². The maximum Gasteiger partial charge on any atom is 0.472 e. The average molecular weight is 1310 g/mol. The quantitative estimate of drug-likeness (QED) is 0.0211. The average Bonchev–Trinajstić information content (AvgIpc) is 2.34. The van der Waals surface area contributed by atoms with Crippen LogP contribution < -0.4 is 0 Å². The summed E-state index contributed by atoms with van der Waals surface area (Å²) in [6.07, 6.45) is 101. The number of phosphoric ester groups is 1. The van der Waals surface area contributed by atoms with Crippen LogP contribution in [0.15, 0.2) is 97.2 Å². The van der Waals surface area contributed by atoms with Gasteiger partial charge in [-0.05, 0) is 89.9 Å². The molecule has 92 heavy (non-hydrogen) atoms. The first kappa shape index (κ1) is 88.9. The van der Waals surface area contributed by atoms with E-state index >= 15 is 0 Å². The smallest absolute Gasteiger partial charge is 0.462 e. The van der Waals surface area contributed by atoms with Gasteiger partial charge >= 0.3 is 19.8 Å². The zero-order chi connectivity index (χ0) is 66.9. The van der Waals surface area contributed by atoms with Crippen molar-refractivity contribution >= 4 is 19.8 Å². The molecule has 1 N–H and O–H groups in total. The third-order valence-electron chi connectivity index (χ3n) is 17.1. The number of phosphoric acid groups is 1. The first-order chi connectivity index (χ1) is 45.0. The van der Waals surface area contributed by atoms with Gasteiger partial charge in [0.15, 0.2) is 6.10 Å². The Morgan fingerprint density at radius 1 is 0.337 bits per heavy atom. The summed E-state index contributed by atoms with van der Waals surface area (Å²) in [5.41, 5.74) is 0. The molecule has 0 aromatic carbocycles. The zero-order valence-electron chi connectivity index (χ0n) is 61.0. The minimum absolute atomic E-state index is 0.0320. The highest BCUT2D eigenvalue weighted by molar-refractivity contribution is 7.47. The van der Waals surface area contributed by atoms with E-state index in [1.807, 2.05) is 21.1 Å². The van der Waals surface area contributed by atoms with Gasteiger partial charge in [0, 0.05) is 12.8 Å². The number of allylic oxidation sites excluding steroid dienone is 16. The van der Waals surface area contributed by atoms with Crippen molar-refractivity contribution in [2.45, 2.75) is 367 Å². The number of carbonyl (C=O) groups is 2. The lowest BCUT2D eigenvalue weighted by Crippen LogP contribution is -2.37. The van der Waals surface area contributed by atoms with Crippen LogP contribution in [0.25, 0.3) is 0 Å². The number of ether oxygens (including phenoxy) is 2. The Bertz CT molecular complexity index is 1880. The summed E-state index contributed by atoms with van der Waals surface area (Å²) in [5.74, 6) is -0.780. The van der Waals surface area contributed by atoms with Crippen LogP contribution in [0, 0.1) is 0 Å². The number of carbonyl (C=O) groups excluding carboxylic acids is 2. The van der Waals surface area contributed by atoms with Gasteiger partial charge in [-0.25, -0.2) is 4.57 Å². The molecule has 0 bridgehead atoms. The number of nitrogens with zero attached hydrogens (tertiary/aromatic N) is 1. The number of quaternary nitrogens is 1. The summed E-state index contributed by atoms with van der Waals surface area (Å²) in [6.45, 7) is 4.26. The summed E-state index contributed by atoms with van der Waals surface area (Å²) >= 11 is 0. The molecule has 2 atom stereocenters. The molecule has 0 saturated carbocycles. The number of hydrogen-bond acceptors (Lipinski definition) is 7. The predicted molar refractivity (Wildman–Crippen MR) is 399 cm³/mol. The van der Waals surface area contributed by atoms with Gasteiger partial charge in [-0.15, -0.1) is 0 Å². The van der Waals surface area contributed by atoms with Crippen LogP contribution in [0.1, 0.15) is 361 Å². The maximum absolute atomic E-state index is 12.9. The van der Waals surface area contributed by atoms with Crippen LogP contribution in [0.4, 0.5) is 0 Å². The van der Waals surface area contributed by atoms with Gasteiger partial charge < -0.3 is 18.9 Å². The number of likely N-dealkylation sites (N-methyl/N-ethyl adjacent to an activating group) is 1. The van der Waals surface area contributed by atoms with Gasteiger partial charge in [0.2, 0.25) is 0 Å². The van der Waals surface area contributed by atoms with Gasteiger partial charge in [0.1, 0.15) is 19.8 Å². The second kappa shape index (κ2) is 72.2. The molecule has 10 heteroatoms. The second-order valence-corrected chi connectivity index (χ2v) is 28.8. The molecule has 0 heterocycles. The third kappa shape index (κ3) is 76.0.